The monoisotopic (exact) mass is 296 g/mol. The van der Waals surface area contributed by atoms with Crippen molar-refractivity contribution in [2.24, 2.45) is 0 Å². The fourth-order valence-corrected chi connectivity index (χ4v) is 2.91. The van der Waals surface area contributed by atoms with Gasteiger partial charge in [-0.25, -0.2) is 0 Å². The van der Waals surface area contributed by atoms with E-state index in [1.165, 1.54) is 11.1 Å². The standard InChI is InChI=1S/C18H16S2/c19-17-8-6-14(7-9-17)15-10-12-18(20,13-11-15)16-4-2-1-3-5-16/h1-13,15,19-20H. The summed E-state index contributed by atoms with van der Waals surface area (Å²) < 4.78 is -0.304. The van der Waals surface area contributed by atoms with Crippen LogP contribution < -0.4 is 0 Å². The molecule has 0 aliphatic heterocycles. The quantitative estimate of drug-likeness (QED) is 0.565. The Kier molecular flexibility index (Phi) is 3.77. The van der Waals surface area contributed by atoms with Crippen molar-refractivity contribution < 1.29 is 0 Å². The maximum atomic E-state index is 4.82. The van der Waals surface area contributed by atoms with Crippen molar-refractivity contribution in [3.05, 3.63) is 90.0 Å². The molecule has 0 bridgehead atoms. The van der Waals surface area contributed by atoms with E-state index in [1.54, 1.807) is 0 Å². The fourth-order valence-electron chi connectivity index (χ4n) is 2.44. The van der Waals surface area contributed by atoms with Crippen molar-refractivity contribution in [3.8, 4) is 0 Å². The molecule has 0 saturated carbocycles. The third-order valence-corrected chi connectivity index (χ3v) is 4.48. The number of benzene rings is 2. The van der Waals surface area contributed by atoms with Gasteiger partial charge in [-0.2, -0.15) is 12.6 Å². The van der Waals surface area contributed by atoms with Crippen molar-refractivity contribution >= 4 is 25.3 Å². The van der Waals surface area contributed by atoms with E-state index in [-0.39, 0.29) is 4.75 Å². The van der Waals surface area contributed by atoms with Crippen LogP contribution in [0.4, 0.5) is 0 Å². The second kappa shape index (κ2) is 5.55. The number of hydrogen-bond donors (Lipinski definition) is 2. The van der Waals surface area contributed by atoms with E-state index in [1.807, 2.05) is 30.3 Å². The second-order valence-electron chi connectivity index (χ2n) is 5.03. The van der Waals surface area contributed by atoms with Gasteiger partial charge in [0, 0.05) is 10.8 Å². The predicted molar refractivity (Wildman–Crippen MR) is 91.8 cm³/mol. The molecule has 0 atom stereocenters. The lowest BCUT2D eigenvalue weighted by Gasteiger charge is -2.26. The van der Waals surface area contributed by atoms with E-state index in [0.29, 0.717) is 5.92 Å². The Bertz CT molecular complexity index is 625. The SMILES string of the molecule is Sc1ccc(C2C=CC(S)(c3ccccc3)C=C2)cc1. The lowest BCUT2D eigenvalue weighted by Crippen LogP contribution is -2.15. The maximum Gasteiger partial charge on any atom is 0.0739 e. The van der Waals surface area contributed by atoms with Gasteiger partial charge in [-0.05, 0) is 23.3 Å². The molecule has 2 aromatic carbocycles. The third-order valence-electron chi connectivity index (χ3n) is 3.63. The Morgan fingerprint density at radius 3 is 2.00 bits per heavy atom. The number of allylic oxidation sites excluding steroid dienone is 2. The largest absolute Gasteiger partial charge is 0.159 e. The van der Waals surface area contributed by atoms with Crippen LogP contribution in [0.15, 0.2) is 83.8 Å². The van der Waals surface area contributed by atoms with E-state index in [4.69, 9.17) is 12.6 Å². The average molecular weight is 296 g/mol. The number of thiol groups is 2. The number of rotatable bonds is 2. The highest BCUT2D eigenvalue weighted by molar-refractivity contribution is 7.81. The summed E-state index contributed by atoms with van der Waals surface area (Å²) in [6, 6.07) is 18.6. The third kappa shape index (κ3) is 2.72. The average Bonchev–Trinajstić information content (AvgIpc) is 2.50. The minimum atomic E-state index is -0.304. The molecule has 2 heteroatoms. The molecule has 1 aliphatic rings. The molecule has 0 fully saturated rings. The Morgan fingerprint density at radius 2 is 1.40 bits per heavy atom. The van der Waals surface area contributed by atoms with Gasteiger partial charge in [0.15, 0.2) is 0 Å². The predicted octanol–water partition coefficient (Wildman–Crippen LogP) is 5.01. The zero-order valence-electron chi connectivity index (χ0n) is 11.0. The van der Waals surface area contributed by atoms with Gasteiger partial charge in [0.2, 0.25) is 0 Å². The van der Waals surface area contributed by atoms with Gasteiger partial charge in [0.05, 0.1) is 4.75 Å². The minimum absolute atomic E-state index is 0.304. The molecule has 0 saturated heterocycles. The molecular weight excluding hydrogens is 280 g/mol. The van der Waals surface area contributed by atoms with Crippen molar-refractivity contribution in [3.63, 3.8) is 0 Å². The summed E-state index contributed by atoms with van der Waals surface area (Å²) in [6.07, 6.45) is 8.77. The highest BCUT2D eigenvalue weighted by Gasteiger charge is 2.24. The molecule has 3 rings (SSSR count). The topological polar surface area (TPSA) is 0 Å². The van der Waals surface area contributed by atoms with Crippen LogP contribution >= 0.6 is 25.3 Å². The minimum Gasteiger partial charge on any atom is -0.159 e. The van der Waals surface area contributed by atoms with Gasteiger partial charge in [-0.1, -0.05) is 66.8 Å². The van der Waals surface area contributed by atoms with Crippen LogP contribution in [0.3, 0.4) is 0 Å². The Hall–Kier alpha value is -1.38. The van der Waals surface area contributed by atoms with Crippen LogP contribution in [-0.2, 0) is 4.75 Å². The fraction of sp³-hybridized carbons (Fsp3) is 0.111. The van der Waals surface area contributed by atoms with Crippen molar-refractivity contribution in [2.45, 2.75) is 15.6 Å². The Balaban J connectivity index is 1.85. The lowest BCUT2D eigenvalue weighted by atomic mass is 9.87. The molecule has 0 N–H and O–H groups in total. The maximum absolute atomic E-state index is 4.82. The van der Waals surface area contributed by atoms with E-state index >= 15 is 0 Å². The van der Waals surface area contributed by atoms with E-state index in [0.717, 1.165) is 4.90 Å². The molecule has 20 heavy (non-hydrogen) atoms. The molecule has 0 amide bonds. The zero-order chi connectivity index (χ0) is 14.0. The first-order chi connectivity index (χ1) is 9.67. The summed E-state index contributed by atoms with van der Waals surface area (Å²) in [5, 5.41) is 0. The van der Waals surface area contributed by atoms with Crippen LogP contribution in [0.2, 0.25) is 0 Å². The molecule has 0 nitrogen and oxygen atoms in total. The van der Waals surface area contributed by atoms with Gasteiger partial charge in [-0.15, -0.1) is 12.6 Å². The first kappa shape index (κ1) is 13.6. The van der Waals surface area contributed by atoms with Crippen molar-refractivity contribution in [1.29, 1.82) is 0 Å². The summed E-state index contributed by atoms with van der Waals surface area (Å²) in [6.45, 7) is 0. The zero-order valence-corrected chi connectivity index (χ0v) is 12.8. The first-order valence-corrected chi connectivity index (χ1v) is 7.52. The molecule has 0 aromatic heterocycles. The van der Waals surface area contributed by atoms with E-state index < -0.39 is 0 Å². The van der Waals surface area contributed by atoms with Gasteiger partial charge < -0.3 is 0 Å². The molecule has 0 spiro atoms. The summed E-state index contributed by atoms with van der Waals surface area (Å²) >= 11 is 9.15. The van der Waals surface area contributed by atoms with Gasteiger partial charge >= 0.3 is 0 Å². The summed E-state index contributed by atoms with van der Waals surface area (Å²) in [7, 11) is 0. The van der Waals surface area contributed by atoms with Gasteiger partial charge in [-0.3, -0.25) is 0 Å². The second-order valence-corrected chi connectivity index (χ2v) is 6.28. The smallest absolute Gasteiger partial charge is 0.0739 e. The molecule has 0 heterocycles. The van der Waals surface area contributed by atoms with Crippen LogP contribution in [0.5, 0.6) is 0 Å². The van der Waals surface area contributed by atoms with Crippen molar-refractivity contribution in [1.82, 2.24) is 0 Å². The molecule has 0 radical (unpaired) electrons. The Morgan fingerprint density at radius 1 is 0.800 bits per heavy atom. The Labute approximate surface area is 131 Å². The van der Waals surface area contributed by atoms with Crippen LogP contribution in [0, 0.1) is 0 Å². The molecule has 100 valence electrons. The summed E-state index contributed by atoms with van der Waals surface area (Å²) in [5.74, 6) is 0.313. The molecule has 2 aromatic rings. The van der Waals surface area contributed by atoms with Gasteiger partial charge in [0.25, 0.3) is 0 Å². The summed E-state index contributed by atoms with van der Waals surface area (Å²) in [4.78, 5) is 0.991. The normalized spacial score (nSPS) is 24.8. The van der Waals surface area contributed by atoms with Crippen LogP contribution in [0.25, 0.3) is 0 Å². The van der Waals surface area contributed by atoms with Crippen LogP contribution in [0.1, 0.15) is 17.0 Å². The molecular formula is C18H16S2. The molecule has 1 aliphatic carbocycles. The first-order valence-electron chi connectivity index (χ1n) is 6.63. The summed E-state index contributed by atoms with van der Waals surface area (Å²) in [5.41, 5.74) is 2.47. The van der Waals surface area contributed by atoms with Crippen LogP contribution in [-0.4, -0.2) is 0 Å². The van der Waals surface area contributed by atoms with E-state index in [2.05, 4.69) is 61.2 Å². The number of hydrogen-bond acceptors (Lipinski definition) is 2. The van der Waals surface area contributed by atoms with E-state index in [9.17, 15) is 0 Å². The van der Waals surface area contributed by atoms with Crippen molar-refractivity contribution in [2.75, 3.05) is 0 Å². The highest BCUT2D eigenvalue weighted by Crippen LogP contribution is 2.37. The lowest BCUT2D eigenvalue weighted by molar-refractivity contribution is 0.919. The van der Waals surface area contributed by atoms with Gasteiger partial charge in [0.1, 0.15) is 0 Å². The molecule has 0 unspecified atom stereocenters. The highest BCUT2D eigenvalue weighted by atomic mass is 32.1.